The Hall–Kier alpha value is -0.505. The Balaban J connectivity index is 2.40. The zero-order valence-electron chi connectivity index (χ0n) is 12.1. The van der Waals surface area contributed by atoms with Gasteiger partial charge in [-0.1, -0.05) is 27.7 Å². The molecule has 0 saturated carbocycles. The van der Waals surface area contributed by atoms with E-state index in [4.69, 9.17) is 12.6 Å². The molecule has 4 heteroatoms. The van der Waals surface area contributed by atoms with Crippen LogP contribution in [-0.2, 0) is 9.53 Å². The smallest absolute Gasteiger partial charge is 0.220 e. The number of hydrogen-bond acceptors (Lipinski definition) is 2. The van der Waals surface area contributed by atoms with Crippen LogP contribution in [0.25, 0.3) is 0 Å². The van der Waals surface area contributed by atoms with Gasteiger partial charge in [0, 0.05) is 12.4 Å². The first-order valence-electron chi connectivity index (χ1n) is 7.09. The van der Waals surface area contributed by atoms with Crippen LogP contribution < -0.4 is 5.32 Å². The zero-order valence-corrected chi connectivity index (χ0v) is 12.1. The highest BCUT2D eigenvalue weighted by Crippen LogP contribution is 2.24. The van der Waals surface area contributed by atoms with Crippen molar-refractivity contribution in [3.8, 4) is 0 Å². The molecule has 1 aliphatic rings. The van der Waals surface area contributed by atoms with Crippen LogP contribution in [0.15, 0.2) is 0 Å². The largest absolute Gasteiger partial charge is 0.383 e. The van der Waals surface area contributed by atoms with Crippen molar-refractivity contribution in [2.45, 2.75) is 71.5 Å². The first-order chi connectivity index (χ1) is 8.38. The minimum Gasteiger partial charge on any atom is -0.383 e. The molecule has 3 nitrogen and oxygen atoms in total. The van der Waals surface area contributed by atoms with Gasteiger partial charge in [0.2, 0.25) is 5.91 Å². The van der Waals surface area contributed by atoms with Gasteiger partial charge >= 0.3 is 0 Å². The second-order valence-electron chi connectivity index (χ2n) is 6.18. The molecule has 18 heavy (non-hydrogen) atoms. The summed E-state index contributed by atoms with van der Waals surface area (Å²) in [5.74, 6) is 1.24. The molecule has 2 radical (unpaired) electrons. The summed E-state index contributed by atoms with van der Waals surface area (Å²) >= 11 is 0. The van der Waals surface area contributed by atoms with Gasteiger partial charge in [-0.05, 0) is 31.1 Å². The summed E-state index contributed by atoms with van der Waals surface area (Å²) in [6.07, 6.45) is 3.27. The summed E-state index contributed by atoms with van der Waals surface area (Å²) < 4.78 is 5.67. The van der Waals surface area contributed by atoms with Crippen LogP contribution in [0.3, 0.4) is 0 Å². The normalized spacial score (nSPS) is 28.0. The molecular formula is C14H26BNO2. The summed E-state index contributed by atoms with van der Waals surface area (Å²) in [5, 5.41) is 3.08. The molecule has 3 atom stereocenters. The quantitative estimate of drug-likeness (QED) is 0.735. The number of carbonyl (C=O) groups excluding carboxylic acids is 1. The van der Waals surface area contributed by atoms with Crippen molar-refractivity contribution >= 4 is 13.8 Å². The van der Waals surface area contributed by atoms with Crippen molar-refractivity contribution in [3.63, 3.8) is 0 Å². The number of rotatable bonds is 6. The molecule has 0 aromatic rings. The SMILES string of the molecule is [B][C@H]1C[C@@H](NC(=O)CCC(C)C)[C@@H](CC(C)C)O1. The van der Waals surface area contributed by atoms with Crippen LogP contribution in [0.5, 0.6) is 0 Å². The molecule has 1 saturated heterocycles. The van der Waals surface area contributed by atoms with Crippen LogP contribution in [-0.4, -0.2) is 31.9 Å². The van der Waals surface area contributed by atoms with Gasteiger partial charge in [0.25, 0.3) is 0 Å². The van der Waals surface area contributed by atoms with Crippen molar-refractivity contribution in [3.05, 3.63) is 0 Å². The van der Waals surface area contributed by atoms with Crippen molar-refractivity contribution in [1.29, 1.82) is 0 Å². The Bertz CT molecular complexity index is 269. The van der Waals surface area contributed by atoms with Crippen molar-refractivity contribution in [2.75, 3.05) is 0 Å². The van der Waals surface area contributed by atoms with Gasteiger partial charge in [0.15, 0.2) is 0 Å². The summed E-state index contributed by atoms with van der Waals surface area (Å²) in [7, 11) is 5.82. The van der Waals surface area contributed by atoms with E-state index in [-0.39, 0.29) is 24.1 Å². The van der Waals surface area contributed by atoms with Gasteiger partial charge in [-0.3, -0.25) is 4.79 Å². The molecule has 0 bridgehead atoms. The number of nitrogens with one attached hydrogen (secondary N) is 1. The molecule has 102 valence electrons. The van der Waals surface area contributed by atoms with Gasteiger partial charge < -0.3 is 10.1 Å². The Labute approximate surface area is 112 Å². The maximum absolute atomic E-state index is 11.8. The third-order valence-electron chi connectivity index (χ3n) is 3.28. The topological polar surface area (TPSA) is 38.3 Å². The molecular weight excluding hydrogens is 225 g/mol. The second kappa shape index (κ2) is 7.17. The van der Waals surface area contributed by atoms with Crippen molar-refractivity contribution in [1.82, 2.24) is 5.32 Å². The highest BCUT2D eigenvalue weighted by molar-refractivity contribution is 6.11. The lowest BCUT2D eigenvalue weighted by Gasteiger charge is -2.21. The van der Waals surface area contributed by atoms with Gasteiger partial charge in [-0.25, -0.2) is 0 Å². The van der Waals surface area contributed by atoms with Gasteiger partial charge in [-0.15, -0.1) is 0 Å². The van der Waals surface area contributed by atoms with E-state index >= 15 is 0 Å². The van der Waals surface area contributed by atoms with Crippen molar-refractivity contribution in [2.24, 2.45) is 11.8 Å². The summed E-state index contributed by atoms with van der Waals surface area (Å²) in [4.78, 5) is 11.8. The maximum atomic E-state index is 11.8. The Morgan fingerprint density at radius 2 is 2.00 bits per heavy atom. The highest BCUT2D eigenvalue weighted by atomic mass is 16.5. The Morgan fingerprint density at radius 1 is 1.33 bits per heavy atom. The molecule has 1 aliphatic heterocycles. The van der Waals surface area contributed by atoms with Crippen molar-refractivity contribution < 1.29 is 9.53 Å². The zero-order chi connectivity index (χ0) is 13.7. The van der Waals surface area contributed by atoms with Gasteiger partial charge in [0.1, 0.15) is 7.85 Å². The maximum Gasteiger partial charge on any atom is 0.220 e. The molecule has 1 heterocycles. The molecule has 1 fully saturated rings. The monoisotopic (exact) mass is 251 g/mol. The lowest BCUT2D eigenvalue weighted by atomic mass is 9.93. The fourth-order valence-electron chi connectivity index (χ4n) is 2.31. The third kappa shape index (κ3) is 5.43. The van der Waals surface area contributed by atoms with Crippen LogP contribution in [0, 0.1) is 11.8 Å². The molecule has 0 aliphatic carbocycles. The van der Waals surface area contributed by atoms with Crippen LogP contribution in [0.1, 0.15) is 53.4 Å². The van der Waals surface area contributed by atoms with Gasteiger partial charge in [-0.2, -0.15) is 0 Å². The first-order valence-corrected chi connectivity index (χ1v) is 7.09. The highest BCUT2D eigenvalue weighted by Gasteiger charge is 2.33. The van der Waals surface area contributed by atoms with E-state index in [0.29, 0.717) is 18.3 Å². The van der Waals surface area contributed by atoms with E-state index in [1.807, 2.05) is 0 Å². The number of hydrogen-bond donors (Lipinski definition) is 1. The first kappa shape index (κ1) is 15.6. The second-order valence-corrected chi connectivity index (χ2v) is 6.18. The molecule has 0 aromatic heterocycles. The molecule has 1 N–H and O–H groups in total. The van der Waals surface area contributed by atoms with E-state index in [9.17, 15) is 4.79 Å². The third-order valence-corrected chi connectivity index (χ3v) is 3.28. The van der Waals surface area contributed by atoms with Gasteiger partial charge in [0.05, 0.1) is 12.1 Å². The lowest BCUT2D eigenvalue weighted by Crippen LogP contribution is -2.41. The van der Waals surface area contributed by atoms with E-state index in [2.05, 4.69) is 33.0 Å². The molecule has 0 unspecified atom stereocenters. The number of carbonyl (C=O) groups is 1. The molecule has 1 amide bonds. The van der Waals surface area contributed by atoms with Crippen LogP contribution in [0.4, 0.5) is 0 Å². The fraction of sp³-hybridized carbons (Fsp3) is 0.929. The molecule has 0 aromatic carbocycles. The average molecular weight is 251 g/mol. The minimum atomic E-state index is -0.232. The minimum absolute atomic E-state index is 0.0722. The molecule has 0 spiro atoms. The number of ether oxygens (including phenoxy) is 1. The summed E-state index contributed by atoms with van der Waals surface area (Å²) in [5.41, 5.74) is 0. The Morgan fingerprint density at radius 3 is 2.56 bits per heavy atom. The van der Waals surface area contributed by atoms with Crippen LogP contribution in [0.2, 0.25) is 0 Å². The average Bonchev–Trinajstić information content (AvgIpc) is 2.55. The van der Waals surface area contributed by atoms with Crippen LogP contribution >= 0.6 is 0 Å². The predicted octanol–water partition coefficient (Wildman–Crippen LogP) is 2.24. The fourth-order valence-corrected chi connectivity index (χ4v) is 2.31. The molecule has 1 rings (SSSR count). The predicted molar refractivity (Wildman–Crippen MR) is 74.5 cm³/mol. The van der Waals surface area contributed by atoms with E-state index < -0.39 is 0 Å². The summed E-state index contributed by atoms with van der Waals surface area (Å²) in [6.45, 7) is 8.57. The van der Waals surface area contributed by atoms with E-state index in [1.165, 1.54) is 0 Å². The lowest BCUT2D eigenvalue weighted by molar-refractivity contribution is -0.122. The van der Waals surface area contributed by atoms with E-state index in [1.54, 1.807) is 0 Å². The Kier molecular flexibility index (Phi) is 6.20. The summed E-state index contributed by atoms with van der Waals surface area (Å²) in [6, 6.07) is -0.147. The van der Waals surface area contributed by atoms with E-state index in [0.717, 1.165) is 19.3 Å². The number of amides is 1. The standard InChI is InChI=1S/C14H26BNO2/c1-9(2)5-6-14(17)16-11-8-13(15)18-12(11)7-10(3)4/h9-13H,5-8H2,1-4H3,(H,16,17)/t11-,12-,13-/m1/s1.